The Morgan fingerprint density at radius 2 is 1.29 bits per heavy atom. The minimum atomic E-state index is -4.12. The van der Waals surface area contributed by atoms with Gasteiger partial charge >= 0.3 is 0 Å². The number of nitrogens with zero attached hydrogens (tertiary/aromatic N) is 4. The molecule has 0 fully saturated rings. The Labute approximate surface area is 304 Å². The standard InChI is InChI=1S/C34H54N9O8P/c1-41-22-25(20-27(41)32(45)36-18-13-11-9-7-5-6-8-10-12-14-19-51-52(48,49)50-4)37-33(46)28-21-26(23-42(28)2)38-34(47)31-40-29(24-43(31)3)39-30(44)16-15-17-35/h20-24H,5-19,35H2,1-4H3,(H,36,45)(H,37,46)(H,38,47)(H,39,44)(H,48,49)/p-1. The molecule has 1 atom stereocenters. The monoisotopic (exact) mass is 746 g/mol. The van der Waals surface area contributed by atoms with E-state index >= 15 is 0 Å². The molecule has 17 nitrogen and oxygen atoms in total. The average Bonchev–Trinajstić information content (AvgIpc) is 3.78. The van der Waals surface area contributed by atoms with Gasteiger partial charge in [-0.05, 0) is 37.9 Å². The average molecular weight is 747 g/mol. The number of aromatic nitrogens is 4. The molecule has 0 aliphatic carbocycles. The normalized spacial score (nSPS) is 12.3. The predicted molar refractivity (Wildman–Crippen MR) is 196 cm³/mol. The van der Waals surface area contributed by atoms with Crippen LogP contribution in [0.3, 0.4) is 0 Å². The van der Waals surface area contributed by atoms with Gasteiger partial charge in [0.2, 0.25) is 11.7 Å². The maximum atomic E-state index is 13.1. The van der Waals surface area contributed by atoms with Crippen LogP contribution < -0.4 is 31.9 Å². The largest absolute Gasteiger partial charge is 0.756 e. The molecule has 3 aromatic heterocycles. The van der Waals surface area contributed by atoms with Gasteiger partial charge in [-0.3, -0.25) is 23.7 Å². The van der Waals surface area contributed by atoms with Gasteiger partial charge in [0.15, 0.2) is 5.82 Å². The van der Waals surface area contributed by atoms with E-state index in [9.17, 15) is 28.6 Å². The topological polar surface area (TPSA) is 229 Å². The lowest BCUT2D eigenvalue weighted by atomic mass is 10.1. The first-order valence-corrected chi connectivity index (χ1v) is 19.1. The maximum Gasteiger partial charge on any atom is 0.291 e. The molecular weight excluding hydrogens is 693 g/mol. The number of unbranched alkanes of at least 4 members (excludes halogenated alkanes) is 9. The van der Waals surface area contributed by atoms with Crippen molar-refractivity contribution in [3.8, 4) is 0 Å². The zero-order chi connectivity index (χ0) is 38.1. The highest BCUT2D eigenvalue weighted by atomic mass is 31.2. The Morgan fingerprint density at radius 3 is 1.87 bits per heavy atom. The quantitative estimate of drug-likeness (QED) is 0.0653. The van der Waals surface area contributed by atoms with Crippen molar-refractivity contribution >= 4 is 48.6 Å². The van der Waals surface area contributed by atoms with Crippen molar-refractivity contribution in [2.75, 3.05) is 42.8 Å². The molecule has 0 aliphatic heterocycles. The van der Waals surface area contributed by atoms with E-state index in [1.165, 1.54) is 16.8 Å². The van der Waals surface area contributed by atoms with Crippen LogP contribution in [0, 0.1) is 0 Å². The second-order valence-corrected chi connectivity index (χ2v) is 14.1. The summed E-state index contributed by atoms with van der Waals surface area (Å²) in [6.45, 7) is 1.10. The highest BCUT2D eigenvalue weighted by molar-refractivity contribution is 7.45. The number of amides is 4. The van der Waals surface area contributed by atoms with E-state index in [0.29, 0.717) is 43.0 Å². The molecule has 52 heavy (non-hydrogen) atoms. The molecule has 0 radical (unpaired) electrons. The molecule has 3 rings (SSSR count). The lowest BCUT2D eigenvalue weighted by Crippen LogP contribution is -2.26. The first-order chi connectivity index (χ1) is 24.8. The van der Waals surface area contributed by atoms with Crippen LogP contribution in [0.15, 0.2) is 30.7 Å². The molecule has 288 valence electrons. The number of carbonyl (C=O) groups excluding carboxylic acids is 4. The van der Waals surface area contributed by atoms with Crippen LogP contribution in [-0.2, 0) is 39.6 Å². The molecule has 0 spiro atoms. The number of phosphoric ester groups is 1. The number of aryl methyl sites for hydroxylation is 3. The summed E-state index contributed by atoms with van der Waals surface area (Å²) in [5.74, 6) is -1.10. The van der Waals surface area contributed by atoms with Crippen molar-refractivity contribution in [1.82, 2.24) is 24.0 Å². The number of imidazole rings is 1. The molecule has 1 unspecified atom stereocenters. The van der Waals surface area contributed by atoms with Crippen molar-refractivity contribution in [2.45, 2.75) is 77.0 Å². The van der Waals surface area contributed by atoms with E-state index in [2.05, 4.69) is 30.8 Å². The Hall–Kier alpha value is -4.28. The number of nitrogens with two attached hydrogens (primary N) is 1. The summed E-state index contributed by atoms with van der Waals surface area (Å²) in [7, 11) is 2.01. The third-order valence-corrected chi connectivity index (χ3v) is 9.22. The number of anilines is 3. The number of nitrogens with one attached hydrogen (secondary N) is 4. The van der Waals surface area contributed by atoms with E-state index in [1.807, 2.05) is 0 Å². The summed E-state index contributed by atoms with van der Waals surface area (Å²) in [4.78, 5) is 66.2. The number of hydrogen-bond acceptors (Lipinski definition) is 10. The SMILES string of the molecule is COP(=O)([O-])OCCCCCCCCCCCCNC(=O)c1cc(NC(=O)c2cc(NC(=O)c3nc(NC(=O)CCCN)cn3C)cn2C)cn1C. The molecule has 4 amide bonds. The number of rotatable bonds is 24. The molecule has 0 saturated carbocycles. The van der Waals surface area contributed by atoms with Gasteiger partial charge in [-0.15, -0.1) is 0 Å². The van der Waals surface area contributed by atoms with Gasteiger partial charge in [0, 0.05) is 59.8 Å². The zero-order valence-electron chi connectivity index (χ0n) is 30.6. The number of phosphoric acid groups is 1. The molecule has 0 bridgehead atoms. The second kappa shape index (κ2) is 21.3. The van der Waals surface area contributed by atoms with E-state index in [4.69, 9.17) is 10.3 Å². The molecule has 18 heteroatoms. The van der Waals surface area contributed by atoms with Crippen LogP contribution in [-0.4, -0.2) is 69.1 Å². The van der Waals surface area contributed by atoms with Crippen molar-refractivity contribution in [2.24, 2.45) is 26.9 Å². The van der Waals surface area contributed by atoms with Crippen molar-refractivity contribution in [1.29, 1.82) is 0 Å². The van der Waals surface area contributed by atoms with Crippen LogP contribution in [0.4, 0.5) is 17.2 Å². The van der Waals surface area contributed by atoms with Crippen LogP contribution in [0.5, 0.6) is 0 Å². The summed E-state index contributed by atoms with van der Waals surface area (Å²) in [5.41, 5.74) is 6.96. The van der Waals surface area contributed by atoms with Gasteiger partial charge in [0.1, 0.15) is 11.4 Å². The minimum Gasteiger partial charge on any atom is -0.756 e. The van der Waals surface area contributed by atoms with Gasteiger partial charge in [-0.2, -0.15) is 0 Å². The van der Waals surface area contributed by atoms with Crippen LogP contribution in [0.1, 0.15) is 109 Å². The maximum absolute atomic E-state index is 13.1. The highest BCUT2D eigenvalue weighted by Crippen LogP contribution is 2.36. The van der Waals surface area contributed by atoms with E-state index in [0.717, 1.165) is 64.9 Å². The Morgan fingerprint density at radius 1 is 0.750 bits per heavy atom. The third kappa shape index (κ3) is 14.0. The van der Waals surface area contributed by atoms with Gasteiger partial charge in [-0.25, -0.2) is 4.98 Å². The van der Waals surface area contributed by atoms with E-state index < -0.39 is 19.6 Å². The lowest BCUT2D eigenvalue weighted by molar-refractivity contribution is -0.223. The summed E-state index contributed by atoms with van der Waals surface area (Å²) in [5, 5.41) is 11.1. The fraction of sp³-hybridized carbons (Fsp3) is 0.559. The predicted octanol–water partition coefficient (Wildman–Crippen LogP) is 4.04. The fourth-order valence-corrected chi connectivity index (χ4v) is 5.93. The second-order valence-electron chi connectivity index (χ2n) is 12.6. The van der Waals surface area contributed by atoms with Crippen LogP contribution in [0.2, 0.25) is 0 Å². The van der Waals surface area contributed by atoms with E-state index in [-0.39, 0.29) is 42.2 Å². The van der Waals surface area contributed by atoms with Crippen molar-refractivity contribution in [3.05, 3.63) is 47.9 Å². The minimum absolute atomic E-state index is 0.0730. The Balaban J connectivity index is 1.35. The molecular formula is C34H53N9O8P-. The van der Waals surface area contributed by atoms with Gasteiger partial charge in [0.25, 0.3) is 25.5 Å². The molecule has 3 aromatic rings. The summed E-state index contributed by atoms with van der Waals surface area (Å²) >= 11 is 0. The Kier molecular flexibility index (Phi) is 17.3. The highest BCUT2D eigenvalue weighted by Gasteiger charge is 2.19. The molecule has 6 N–H and O–H groups in total. The van der Waals surface area contributed by atoms with Crippen LogP contribution in [0.25, 0.3) is 0 Å². The van der Waals surface area contributed by atoms with Gasteiger partial charge in [0.05, 0.1) is 18.0 Å². The Bertz CT molecular complexity index is 1680. The van der Waals surface area contributed by atoms with Gasteiger partial charge in [-0.1, -0.05) is 51.4 Å². The zero-order valence-corrected chi connectivity index (χ0v) is 31.5. The summed E-state index contributed by atoms with van der Waals surface area (Å²) in [6, 6.07) is 3.14. The third-order valence-electron chi connectivity index (χ3n) is 8.28. The lowest BCUT2D eigenvalue weighted by Gasteiger charge is -2.19. The van der Waals surface area contributed by atoms with Crippen molar-refractivity contribution in [3.63, 3.8) is 0 Å². The van der Waals surface area contributed by atoms with Gasteiger partial charge < -0.3 is 54.6 Å². The fourth-order valence-electron chi connectivity index (χ4n) is 5.47. The summed E-state index contributed by atoms with van der Waals surface area (Å²) < 4.78 is 24.8. The number of hydrogen-bond donors (Lipinski definition) is 5. The summed E-state index contributed by atoms with van der Waals surface area (Å²) in [6.07, 6.45) is 15.7. The van der Waals surface area contributed by atoms with E-state index in [1.54, 1.807) is 48.7 Å². The molecule has 3 heterocycles. The molecule has 0 aliphatic rings. The smallest absolute Gasteiger partial charge is 0.291 e. The van der Waals surface area contributed by atoms with Crippen molar-refractivity contribution < 1.29 is 37.7 Å². The van der Waals surface area contributed by atoms with Crippen LogP contribution >= 0.6 is 7.82 Å². The molecule has 0 aromatic carbocycles. The first-order valence-electron chi connectivity index (χ1n) is 17.6. The number of carbonyl (C=O) groups is 4. The molecule has 0 saturated heterocycles. The first kappa shape index (κ1) is 42.1.